The zero-order valence-electron chi connectivity index (χ0n) is 13.1. The number of ether oxygens (including phenoxy) is 2. The summed E-state index contributed by atoms with van der Waals surface area (Å²) in [7, 11) is 3.07. The van der Waals surface area contributed by atoms with Gasteiger partial charge in [-0.3, -0.25) is 0 Å². The van der Waals surface area contributed by atoms with Crippen LogP contribution < -0.4 is 9.47 Å². The molecule has 0 saturated heterocycles. The minimum Gasteiger partial charge on any atom is -0.508 e. The Bertz CT molecular complexity index is 682. The fourth-order valence-corrected chi connectivity index (χ4v) is 2.31. The van der Waals surface area contributed by atoms with Crippen LogP contribution in [0, 0.1) is 0 Å². The normalized spacial score (nSPS) is 11.0. The number of rotatable bonds is 6. The van der Waals surface area contributed by atoms with E-state index in [0.717, 1.165) is 11.1 Å². The van der Waals surface area contributed by atoms with E-state index in [2.05, 4.69) is 0 Å². The van der Waals surface area contributed by atoms with E-state index in [1.54, 1.807) is 25.3 Å². The standard InChI is InChI=1S/C18H20O5/c1-22-17-9-13(8-15(11-20)18(17)23-2)4-3-12-5-6-16(21)14(7-12)10-19/h3-9,19-21H,10-11H2,1-2H3. The summed E-state index contributed by atoms with van der Waals surface area (Å²) in [5, 5.41) is 28.2. The molecule has 5 heteroatoms. The number of aromatic hydroxyl groups is 1. The monoisotopic (exact) mass is 316 g/mol. The first-order valence-electron chi connectivity index (χ1n) is 7.09. The number of phenols is 1. The van der Waals surface area contributed by atoms with Crippen LogP contribution in [0.4, 0.5) is 0 Å². The summed E-state index contributed by atoms with van der Waals surface area (Å²) in [5.41, 5.74) is 2.78. The molecule has 5 nitrogen and oxygen atoms in total. The summed E-state index contributed by atoms with van der Waals surface area (Å²) in [5.74, 6) is 1.12. The zero-order chi connectivity index (χ0) is 16.8. The van der Waals surface area contributed by atoms with Gasteiger partial charge in [-0.05, 0) is 35.4 Å². The topological polar surface area (TPSA) is 79.2 Å². The van der Waals surface area contributed by atoms with Crippen molar-refractivity contribution in [1.29, 1.82) is 0 Å². The van der Waals surface area contributed by atoms with Crippen molar-refractivity contribution in [1.82, 2.24) is 0 Å². The molecule has 0 fully saturated rings. The molecule has 0 bridgehead atoms. The first kappa shape index (κ1) is 16.9. The van der Waals surface area contributed by atoms with Gasteiger partial charge < -0.3 is 24.8 Å². The maximum atomic E-state index is 9.57. The average Bonchev–Trinajstić information content (AvgIpc) is 2.59. The summed E-state index contributed by atoms with van der Waals surface area (Å²) < 4.78 is 10.5. The Morgan fingerprint density at radius 3 is 2.13 bits per heavy atom. The van der Waals surface area contributed by atoms with Crippen molar-refractivity contribution in [3.8, 4) is 17.2 Å². The summed E-state index contributed by atoms with van der Waals surface area (Å²) in [6.07, 6.45) is 3.70. The highest BCUT2D eigenvalue weighted by Gasteiger charge is 2.10. The summed E-state index contributed by atoms with van der Waals surface area (Å²) >= 11 is 0. The molecule has 2 aromatic rings. The molecule has 0 saturated carbocycles. The molecule has 2 rings (SSSR count). The van der Waals surface area contributed by atoms with Gasteiger partial charge >= 0.3 is 0 Å². The van der Waals surface area contributed by atoms with Gasteiger partial charge in [0.15, 0.2) is 11.5 Å². The van der Waals surface area contributed by atoms with Crippen molar-refractivity contribution in [2.75, 3.05) is 14.2 Å². The van der Waals surface area contributed by atoms with E-state index in [9.17, 15) is 15.3 Å². The minimum atomic E-state index is -0.224. The summed E-state index contributed by atoms with van der Waals surface area (Å²) in [4.78, 5) is 0. The third kappa shape index (κ3) is 3.83. The van der Waals surface area contributed by atoms with Gasteiger partial charge in [0.2, 0.25) is 0 Å². The van der Waals surface area contributed by atoms with Crippen LogP contribution in [0.3, 0.4) is 0 Å². The van der Waals surface area contributed by atoms with Gasteiger partial charge in [-0.1, -0.05) is 18.2 Å². The number of hydrogen-bond donors (Lipinski definition) is 3. The van der Waals surface area contributed by atoms with E-state index in [1.807, 2.05) is 24.3 Å². The fourth-order valence-electron chi connectivity index (χ4n) is 2.31. The molecule has 0 aliphatic rings. The van der Waals surface area contributed by atoms with Crippen LogP contribution in [0.1, 0.15) is 22.3 Å². The Kier molecular flexibility index (Phi) is 5.62. The number of aliphatic hydroxyl groups excluding tert-OH is 2. The van der Waals surface area contributed by atoms with Crippen molar-refractivity contribution in [3.63, 3.8) is 0 Å². The molecule has 2 aromatic carbocycles. The molecular formula is C18H20O5. The van der Waals surface area contributed by atoms with E-state index in [0.29, 0.717) is 22.6 Å². The van der Waals surface area contributed by atoms with E-state index in [1.165, 1.54) is 7.11 Å². The Balaban J connectivity index is 2.35. The van der Waals surface area contributed by atoms with Crippen LogP contribution in [0.15, 0.2) is 30.3 Å². The van der Waals surface area contributed by atoms with Crippen molar-refractivity contribution in [2.24, 2.45) is 0 Å². The molecule has 0 heterocycles. The quantitative estimate of drug-likeness (QED) is 0.714. The predicted molar refractivity (Wildman–Crippen MR) is 88.4 cm³/mol. The SMILES string of the molecule is COc1cc(C=Cc2ccc(O)c(CO)c2)cc(CO)c1OC. The molecule has 122 valence electrons. The van der Waals surface area contributed by atoms with Gasteiger partial charge in [-0.2, -0.15) is 0 Å². The van der Waals surface area contributed by atoms with Crippen LogP contribution >= 0.6 is 0 Å². The largest absolute Gasteiger partial charge is 0.508 e. The second kappa shape index (κ2) is 7.67. The van der Waals surface area contributed by atoms with E-state index >= 15 is 0 Å². The first-order valence-corrected chi connectivity index (χ1v) is 7.09. The van der Waals surface area contributed by atoms with Gasteiger partial charge in [0.05, 0.1) is 27.4 Å². The molecule has 0 aliphatic heterocycles. The molecule has 23 heavy (non-hydrogen) atoms. The molecule has 0 aromatic heterocycles. The smallest absolute Gasteiger partial charge is 0.166 e. The third-order valence-corrected chi connectivity index (χ3v) is 3.49. The highest BCUT2D eigenvalue weighted by Crippen LogP contribution is 2.33. The van der Waals surface area contributed by atoms with Crippen LogP contribution in [-0.4, -0.2) is 29.5 Å². The average molecular weight is 316 g/mol. The van der Waals surface area contributed by atoms with Crippen molar-refractivity contribution < 1.29 is 24.8 Å². The number of benzene rings is 2. The van der Waals surface area contributed by atoms with E-state index in [4.69, 9.17) is 9.47 Å². The van der Waals surface area contributed by atoms with Crippen molar-refractivity contribution in [3.05, 3.63) is 52.6 Å². The highest BCUT2D eigenvalue weighted by atomic mass is 16.5. The molecule has 0 spiro atoms. The van der Waals surface area contributed by atoms with Crippen LogP contribution in [0.25, 0.3) is 12.2 Å². The van der Waals surface area contributed by atoms with Crippen molar-refractivity contribution in [2.45, 2.75) is 13.2 Å². The molecule has 0 atom stereocenters. The third-order valence-electron chi connectivity index (χ3n) is 3.49. The highest BCUT2D eigenvalue weighted by molar-refractivity contribution is 5.72. The second-order valence-corrected chi connectivity index (χ2v) is 4.95. The Hall–Kier alpha value is -2.50. The molecule has 0 amide bonds. The number of hydrogen-bond acceptors (Lipinski definition) is 5. The van der Waals surface area contributed by atoms with Gasteiger partial charge in [0.1, 0.15) is 5.75 Å². The zero-order valence-corrected chi connectivity index (χ0v) is 13.1. The second-order valence-electron chi connectivity index (χ2n) is 4.95. The first-order chi connectivity index (χ1) is 11.1. The lowest BCUT2D eigenvalue weighted by molar-refractivity contribution is 0.270. The Morgan fingerprint density at radius 2 is 1.52 bits per heavy atom. The molecule has 0 unspecified atom stereocenters. The van der Waals surface area contributed by atoms with Crippen LogP contribution in [-0.2, 0) is 13.2 Å². The Morgan fingerprint density at radius 1 is 0.870 bits per heavy atom. The summed E-state index contributed by atoms with van der Waals surface area (Å²) in [6, 6.07) is 8.62. The molecule has 0 radical (unpaired) electrons. The van der Waals surface area contributed by atoms with Crippen molar-refractivity contribution >= 4 is 12.2 Å². The number of aliphatic hydroxyl groups is 2. The molecular weight excluding hydrogens is 296 g/mol. The number of methoxy groups -OCH3 is 2. The van der Waals surface area contributed by atoms with Gasteiger partial charge in [-0.25, -0.2) is 0 Å². The lowest BCUT2D eigenvalue weighted by Crippen LogP contribution is -1.97. The van der Waals surface area contributed by atoms with Gasteiger partial charge in [-0.15, -0.1) is 0 Å². The lowest BCUT2D eigenvalue weighted by atomic mass is 10.1. The van der Waals surface area contributed by atoms with E-state index in [-0.39, 0.29) is 19.0 Å². The lowest BCUT2D eigenvalue weighted by Gasteiger charge is -2.12. The summed E-state index contributed by atoms with van der Waals surface area (Å²) in [6.45, 7) is -0.381. The van der Waals surface area contributed by atoms with Crippen LogP contribution in [0.5, 0.6) is 17.2 Å². The maximum Gasteiger partial charge on any atom is 0.166 e. The Labute approximate surface area is 135 Å². The van der Waals surface area contributed by atoms with E-state index < -0.39 is 0 Å². The molecule has 3 N–H and O–H groups in total. The van der Waals surface area contributed by atoms with Gasteiger partial charge in [0.25, 0.3) is 0 Å². The minimum absolute atomic E-state index is 0.0679. The maximum absolute atomic E-state index is 9.57. The van der Waals surface area contributed by atoms with Crippen LogP contribution in [0.2, 0.25) is 0 Å². The fraction of sp³-hybridized carbons (Fsp3) is 0.222. The predicted octanol–water partition coefficient (Wildman–Crippen LogP) is 2.56. The molecule has 0 aliphatic carbocycles. The van der Waals surface area contributed by atoms with Gasteiger partial charge in [0, 0.05) is 11.1 Å².